The van der Waals surface area contributed by atoms with Crippen LogP contribution in [-0.4, -0.2) is 19.6 Å². The molecule has 1 aromatic carbocycles. The molecule has 1 aromatic rings. The van der Waals surface area contributed by atoms with Gasteiger partial charge in [-0.15, -0.1) is 0 Å². The SMILES string of the molecule is CCN(C=CC(=O)OC)c1ccccc1. The van der Waals surface area contributed by atoms with Crippen molar-refractivity contribution in [3.8, 4) is 0 Å². The first kappa shape index (κ1) is 11.3. The highest BCUT2D eigenvalue weighted by Gasteiger charge is 1.99. The van der Waals surface area contributed by atoms with Crippen LogP contribution in [0, 0.1) is 0 Å². The molecule has 0 atom stereocenters. The van der Waals surface area contributed by atoms with E-state index in [1.165, 1.54) is 13.2 Å². The molecule has 1 rings (SSSR count). The molecule has 0 aliphatic heterocycles. The van der Waals surface area contributed by atoms with Crippen LogP contribution in [0.25, 0.3) is 0 Å². The minimum absolute atomic E-state index is 0.343. The molecular formula is C12H15NO2. The zero-order chi connectivity index (χ0) is 11.1. The summed E-state index contributed by atoms with van der Waals surface area (Å²) < 4.78 is 4.53. The number of esters is 1. The van der Waals surface area contributed by atoms with Crippen LogP contribution in [0.4, 0.5) is 5.69 Å². The molecule has 0 unspecified atom stereocenters. The summed E-state index contributed by atoms with van der Waals surface area (Å²) in [5.41, 5.74) is 1.06. The number of carbonyl (C=O) groups excluding carboxylic acids is 1. The van der Waals surface area contributed by atoms with Gasteiger partial charge in [0.1, 0.15) is 0 Å². The summed E-state index contributed by atoms with van der Waals surface area (Å²) in [6.45, 7) is 2.83. The van der Waals surface area contributed by atoms with Gasteiger partial charge in [-0.1, -0.05) is 18.2 Å². The minimum Gasteiger partial charge on any atom is -0.466 e. The molecule has 0 saturated carbocycles. The minimum atomic E-state index is -0.343. The molecule has 0 radical (unpaired) electrons. The number of para-hydroxylation sites is 1. The lowest BCUT2D eigenvalue weighted by atomic mass is 10.3. The number of carbonyl (C=O) groups is 1. The Balaban J connectivity index is 2.73. The van der Waals surface area contributed by atoms with E-state index in [0.29, 0.717) is 0 Å². The number of rotatable bonds is 4. The number of nitrogens with zero attached hydrogens (tertiary/aromatic N) is 1. The molecule has 0 bridgehead atoms. The van der Waals surface area contributed by atoms with Crippen molar-refractivity contribution < 1.29 is 9.53 Å². The molecule has 15 heavy (non-hydrogen) atoms. The number of methoxy groups -OCH3 is 1. The number of benzene rings is 1. The van der Waals surface area contributed by atoms with Crippen molar-refractivity contribution in [3.63, 3.8) is 0 Å². The van der Waals surface area contributed by atoms with Crippen molar-refractivity contribution in [2.45, 2.75) is 6.92 Å². The predicted octanol–water partition coefficient (Wildman–Crippen LogP) is 2.20. The van der Waals surface area contributed by atoms with E-state index in [1.807, 2.05) is 42.2 Å². The highest BCUT2D eigenvalue weighted by molar-refractivity contribution is 5.82. The zero-order valence-electron chi connectivity index (χ0n) is 9.01. The maximum absolute atomic E-state index is 10.9. The second-order valence-corrected chi connectivity index (χ2v) is 2.96. The standard InChI is InChI=1S/C12H15NO2/c1-3-13(10-9-12(14)15-2)11-7-5-4-6-8-11/h4-10H,3H2,1-2H3. The third-order valence-electron chi connectivity index (χ3n) is 2.02. The molecular weight excluding hydrogens is 190 g/mol. The molecule has 0 aliphatic rings. The highest BCUT2D eigenvalue weighted by atomic mass is 16.5. The third kappa shape index (κ3) is 3.46. The molecule has 0 amide bonds. The van der Waals surface area contributed by atoms with Gasteiger partial charge in [0.05, 0.1) is 7.11 Å². The Morgan fingerprint density at radius 1 is 1.40 bits per heavy atom. The smallest absolute Gasteiger partial charge is 0.331 e. The van der Waals surface area contributed by atoms with Crippen molar-refractivity contribution >= 4 is 11.7 Å². The number of hydrogen-bond donors (Lipinski definition) is 0. The van der Waals surface area contributed by atoms with E-state index >= 15 is 0 Å². The molecule has 0 spiro atoms. The van der Waals surface area contributed by atoms with Crippen molar-refractivity contribution in [3.05, 3.63) is 42.6 Å². The first-order valence-corrected chi connectivity index (χ1v) is 4.85. The van der Waals surface area contributed by atoms with Crippen molar-refractivity contribution in [1.82, 2.24) is 0 Å². The van der Waals surface area contributed by atoms with E-state index in [1.54, 1.807) is 6.20 Å². The Hall–Kier alpha value is -1.77. The van der Waals surface area contributed by atoms with Crippen LogP contribution in [-0.2, 0) is 9.53 Å². The fourth-order valence-corrected chi connectivity index (χ4v) is 1.21. The van der Waals surface area contributed by atoms with Gasteiger partial charge < -0.3 is 9.64 Å². The average molecular weight is 205 g/mol. The van der Waals surface area contributed by atoms with E-state index < -0.39 is 0 Å². The summed E-state index contributed by atoms with van der Waals surface area (Å²) >= 11 is 0. The van der Waals surface area contributed by atoms with E-state index in [0.717, 1.165) is 12.2 Å². The lowest BCUT2D eigenvalue weighted by Crippen LogP contribution is -2.15. The van der Waals surface area contributed by atoms with Crippen molar-refractivity contribution in [1.29, 1.82) is 0 Å². The lowest BCUT2D eigenvalue weighted by molar-refractivity contribution is -0.134. The van der Waals surface area contributed by atoms with Crippen LogP contribution >= 0.6 is 0 Å². The summed E-state index contributed by atoms with van der Waals surface area (Å²) in [7, 11) is 1.37. The summed E-state index contributed by atoms with van der Waals surface area (Å²) in [6.07, 6.45) is 3.14. The van der Waals surface area contributed by atoms with Gasteiger partial charge in [-0.2, -0.15) is 0 Å². The van der Waals surface area contributed by atoms with Crippen LogP contribution in [0.5, 0.6) is 0 Å². The molecule has 0 aliphatic carbocycles. The Labute approximate surface area is 90.0 Å². The monoisotopic (exact) mass is 205 g/mol. The van der Waals surface area contributed by atoms with E-state index in [2.05, 4.69) is 4.74 Å². The molecule has 80 valence electrons. The van der Waals surface area contributed by atoms with E-state index in [9.17, 15) is 4.79 Å². The first-order chi connectivity index (χ1) is 7.27. The van der Waals surface area contributed by atoms with Crippen LogP contribution in [0.3, 0.4) is 0 Å². The highest BCUT2D eigenvalue weighted by Crippen LogP contribution is 2.12. The van der Waals surface area contributed by atoms with E-state index in [4.69, 9.17) is 0 Å². The molecule has 3 heteroatoms. The maximum atomic E-state index is 10.9. The normalized spacial score (nSPS) is 10.3. The molecule has 0 fully saturated rings. The van der Waals surface area contributed by atoms with Gasteiger partial charge in [0, 0.05) is 24.5 Å². The number of hydrogen-bond acceptors (Lipinski definition) is 3. The Morgan fingerprint density at radius 3 is 2.60 bits per heavy atom. The zero-order valence-corrected chi connectivity index (χ0v) is 9.01. The fraction of sp³-hybridized carbons (Fsp3) is 0.250. The summed E-state index contributed by atoms with van der Waals surface area (Å²) in [6, 6.07) is 9.87. The van der Waals surface area contributed by atoms with Gasteiger partial charge in [0.25, 0.3) is 0 Å². The lowest BCUT2D eigenvalue weighted by Gasteiger charge is -2.17. The predicted molar refractivity (Wildman–Crippen MR) is 60.6 cm³/mol. The van der Waals surface area contributed by atoms with Gasteiger partial charge in [-0.05, 0) is 19.1 Å². The van der Waals surface area contributed by atoms with Crippen LogP contribution in [0.1, 0.15) is 6.92 Å². The fourth-order valence-electron chi connectivity index (χ4n) is 1.21. The van der Waals surface area contributed by atoms with Crippen LogP contribution in [0.2, 0.25) is 0 Å². The molecule has 3 nitrogen and oxygen atoms in total. The van der Waals surface area contributed by atoms with Gasteiger partial charge in [0.2, 0.25) is 0 Å². The molecule has 0 aromatic heterocycles. The van der Waals surface area contributed by atoms with Crippen molar-refractivity contribution in [2.75, 3.05) is 18.6 Å². The van der Waals surface area contributed by atoms with Gasteiger partial charge in [0.15, 0.2) is 0 Å². The maximum Gasteiger partial charge on any atom is 0.331 e. The van der Waals surface area contributed by atoms with E-state index in [-0.39, 0.29) is 5.97 Å². The average Bonchev–Trinajstić information content (AvgIpc) is 2.31. The number of anilines is 1. The Morgan fingerprint density at radius 2 is 2.07 bits per heavy atom. The molecule has 0 N–H and O–H groups in total. The number of ether oxygens (including phenoxy) is 1. The largest absolute Gasteiger partial charge is 0.466 e. The quantitative estimate of drug-likeness (QED) is 0.557. The third-order valence-corrected chi connectivity index (χ3v) is 2.02. The summed E-state index contributed by atoms with van der Waals surface area (Å²) in [4.78, 5) is 12.9. The summed E-state index contributed by atoms with van der Waals surface area (Å²) in [5, 5.41) is 0. The first-order valence-electron chi connectivity index (χ1n) is 4.85. The van der Waals surface area contributed by atoms with Crippen molar-refractivity contribution in [2.24, 2.45) is 0 Å². The van der Waals surface area contributed by atoms with Crippen LogP contribution in [0.15, 0.2) is 42.6 Å². The topological polar surface area (TPSA) is 29.5 Å². The summed E-state index contributed by atoms with van der Waals surface area (Å²) in [5.74, 6) is -0.343. The van der Waals surface area contributed by atoms with Crippen LogP contribution < -0.4 is 4.90 Å². The Kier molecular flexibility index (Phi) is 4.41. The second kappa shape index (κ2) is 5.86. The Bertz CT molecular complexity index is 333. The molecule has 0 saturated heterocycles. The van der Waals surface area contributed by atoms with Gasteiger partial charge >= 0.3 is 5.97 Å². The van der Waals surface area contributed by atoms with Gasteiger partial charge in [-0.3, -0.25) is 0 Å². The van der Waals surface area contributed by atoms with Gasteiger partial charge in [-0.25, -0.2) is 4.79 Å². The second-order valence-electron chi connectivity index (χ2n) is 2.96. The molecule has 0 heterocycles.